The molecule has 0 unspecified atom stereocenters. The van der Waals surface area contributed by atoms with Crippen molar-refractivity contribution in [3.8, 4) is 0 Å². The van der Waals surface area contributed by atoms with Crippen molar-refractivity contribution in [3.05, 3.63) is 75.9 Å². The summed E-state index contributed by atoms with van der Waals surface area (Å²) in [6.07, 6.45) is 0. The summed E-state index contributed by atoms with van der Waals surface area (Å²) < 4.78 is 11.9. The van der Waals surface area contributed by atoms with Crippen LogP contribution in [0.2, 0.25) is 5.15 Å². The fourth-order valence-electron chi connectivity index (χ4n) is 2.77. The summed E-state index contributed by atoms with van der Waals surface area (Å²) in [6, 6.07) is 15.6. The molecule has 0 radical (unpaired) electrons. The zero-order valence-electron chi connectivity index (χ0n) is 13.5. The van der Waals surface area contributed by atoms with Gasteiger partial charge in [0.1, 0.15) is 11.8 Å². The lowest BCUT2D eigenvalue weighted by atomic mass is 10.1. The Labute approximate surface area is 152 Å². The number of hydrogen-bond donors (Lipinski definition) is 0. The van der Waals surface area contributed by atoms with Crippen LogP contribution in [0.4, 0.5) is 0 Å². The van der Waals surface area contributed by atoms with Crippen molar-refractivity contribution < 1.29 is 13.9 Å². The van der Waals surface area contributed by atoms with Crippen molar-refractivity contribution in [2.75, 3.05) is 6.61 Å². The van der Waals surface area contributed by atoms with Crippen LogP contribution < -0.4 is 5.76 Å². The van der Waals surface area contributed by atoms with Gasteiger partial charge in [-0.2, -0.15) is 0 Å². The average molecular weight is 369 g/mol. The first-order valence-electron chi connectivity index (χ1n) is 7.94. The molecule has 6 nitrogen and oxygen atoms in total. The molecule has 26 heavy (non-hydrogen) atoms. The van der Waals surface area contributed by atoms with E-state index in [1.54, 1.807) is 48.5 Å². The number of esters is 1. The Morgan fingerprint density at radius 3 is 2.88 bits per heavy atom. The van der Waals surface area contributed by atoms with Gasteiger partial charge in [-0.1, -0.05) is 23.7 Å². The van der Waals surface area contributed by atoms with E-state index in [2.05, 4.69) is 4.98 Å². The number of hydrogen-bond acceptors (Lipinski definition) is 5. The van der Waals surface area contributed by atoms with Crippen molar-refractivity contribution >= 4 is 39.6 Å². The largest absolute Gasteiger partial charge is 0.460 e. The summed E-state index contributed by atoms with van der Waals surface area (Å²) in [6.45, 7) is 0.269. The van der Waals surface area contributed by atoms with Crippen molar-refractivity contribution in [2.45, 2.75) is 6.54 Å². The maximum absolute atomic E-state index is 12.3. The fourth-order valence-corrected chi connectivity index (χ4v) is 2.92. The number of fused-ring (bicyclic) bond motifs is 2. The maximum atomic E-state index is 12.3. The predicted molar refractivity (Wildman–Crippen MR) is 97.5 cm³/mol. The highest BCUT2D eigenvalue weighted by Crippen LogP contribution is 2.18. The summed E-state index contributed by atoms with van der Waals surface area (Å²) >= 11 is 5.85. The van der Waals surface area contributed by atoms with E-state index in [9.17, 15) is 9.59 Å². The van der Waals surface area contributed by atoms with Crippen molar-refractivity contribution in [1.29, 1.82) is 0 Å². The molecule has 0 saturated carbocycles. The molecule has 7 heteroatoms. The SMILES string of the molecule is O=C(OCCn1c(=O)oc2ccccc21)c1ccc2nc(Cl)ccc2c1. The minimum absolute atomic E-state index is 0.0547. The molecule has 0 aliphatic rings. The van der Waals surface area contributed by atoms with E-state index in [1.807, 2.05) is 6.07 Å². The Morgan fingerprint density at radius 2 is 2.00 bits per heavy atom. The normalized spacial score (nSPS) is 11.1. The van der Waals surface area contributed by atoms with Crippen molar-refractivity contribution in [3.63, 3.8) is 0 Å². The summed E-state index contributed by atoms with van der Waals surface area (Å²) in [5.74, 6) is -0.946. The lowest BCUT2D eigenvalue weighted by molar-refractivity contribution is 0.0490. The highest BCUT2D eigenvalue weighted by atomic mass is 35.5. The second kappa shape index (κ2) is 6.65. The van der Waals surface area contributed by atoms with Crippen LogP contribution in [0.15, 0.2) is 63.8 Å². The summed E-state index contributed by atoms with van der Waals surface area (Å²) in [7, 11) is 0. The molecule has 0 aliphatic heterocycles. The van der Waals surface area contributed by atoms with Crippen molar-refractivity contribution in [2.24, 2.45) is 0 Å². The molecule has 0 fully saturated rings. The Morgan fingerprint density at radius 1 is 1.15 bits per heavy atom. The number of halogens is 1. The van der Waals surface area contributed by atoms with E-state index in [0.717, 1.165) is 5.39 Å². The van der Waals surface area contributed by atoms with Crippen LogP contribution in [0.25, 0.3) is 22.0 Å². The summed E-state index contributed by atoms with van der Waals surface area (Å²) in [4.78, 5) is 28.3. The van der Waals surface area contributed by atoms with Crippen LogP contribution >= 0.6 is 11.6 Å². The van der Waals surface area contributed by atoms with Crippen LogP contribution in [0, 0.1) is 0 Å². The third-order valence-electron chi connectivity index (χ3n) is 4.01. The van der Waals surface area contributed by atoms with E-state index < -0.39 is 11.7 Å². The van der Waals surface area contributed by atoms with E-state index >= 15 is 0 Å². The van der Waals surface area contributed by atoms with Gasteiger partial charge in [-0.3, -0.25) is 4.57 Å². The molecule has 0 amide bonds. The van der Waals surface area contributed by atoms with Crippen molar-refractivity contribution in [1.82, 2.24) is 9.55 Å². The predicted octanol–water partition coefficient (Wildman–Crippen LogP) is 3.65. The van der Waals surface area contributed by atoms with Crippen LogP contribution in [-0.2, 0) is 11.3 Å². The number of ether oxygens (including phenoxy) is 1. The first-order valence-corrected chi connectivity index (χ1v) is 8.31. The van der Waals surface area contributed by atoms with Gasteiger partial charge in [0.15, 0.2) is 5.58 Å². The first kappa shape index (κ1) is 16.4. The van der Waals surface area contributed by atoms with Gasteiger partial charge in [-0.05, 0) is 42.5 Å². The molecular formula is C19H13ClN2O4. The summed E-state index contributed by atoms with van der Waals surface area (Å²) in [5, 5.41) is 1.19. The van der Waals surface area contributed by atoms with Gasteiger partial charge in [0.05, 0.1) is 23.1 Å². The van der Waals surface area contributed by atoms with E-state index in [0.29, 0.717) is 27.3 Å². The van der Waals surface area contributed by atoms with E-state index in [4.69, 9.17) is 20.8 Å². The van der Waals surface area contributed by atoms with Crippen LogP contribution in [-0.4, -0.2) is 22.1 Å². The lowest BCUT2D eigenvalue weighted by Gasteiger charge is -2.06. The molecule has 0 saturated heterocycles. The van der Waals surface area contributed by atoms with Gasteiger partial charge in [0.25, 0.3) is 0 Å². The van der Waals surface area contributed by atoms with Gasteiger partial charge in [-0.15, -0.1) is 0 Å². The quantitative estimate of drug-likeness (QED) is 0.406. The molecule has 0 atom stereocenters. The number of nitrogens with zero attached hydrogens (tertiary/aromatic N) is 2. The smallest absolute Gasteiger partial charge is 0.420 e. The van der Waals surface area contributed by atoms with Gasteiger partial charge in [0, 0.05) is 5.39 Å². The highest BCUT2D eigenvalue weighted by molar-refractivity contribution is 6.29. The zero-order chi connectivity index (χ0) is 18.1. The van der Waals surface area contributed by atoms with E-state index in [1.165, 1.54) is 4.57 Å². The minimum atomic E-state index is -0.476. The van der Waals surface area contributed by atoms with Gasteiger partial charge >= 0.3 is 11.7 Å². The third-order valence-corrected chi connectivity index (χ3v) is 4.22. The third kappa shape index (κ3) is 3.07. The maximum Gasteiger partial charge on any atom is 0.420 e. The molecule has 2 heterocycles. The number of carbonyl (C=O) groups excluding carboxylic acids is 1. The molecular weight excluding hydrogens is 356 g/mol. The first-order chi connectivity index (χ1) is 12.6. The topological polar surface area (TPSA) is 74.3 Å². The molecule has 0 N–H and O–H groups in total. The lowest BCUT2D eigenvalue weighted by Crippen LogP contribution is -2.19. The molecule has 0 aliphatic carbocycles. The molecule has 130 valence electrons. The zero-order valence-corrected chi connectivity index (χ0v) is 14.3. The highest BCUT2D eigenvalue weighted by Gasteiger charge is 2.11. The second-order valence-electron chi connectivity index (χ2n) is 5.66. The number of rotatable bonds is 4. The molecule has 2 aromatic heterocycles. The van der Waals surface area contributed by atoms with Crippen LogP contribution in [0.5, 0.6) is 0 Å². The van der Waals surface area contributed by atoms with Crippen LogP contribution in [0.1, 0.15) is 10.4 Å². The molecule has 4 aromatic rings. The van der Waals surface area contributed by atoms with Gasteiger partial charge in [-0.25, -0.2) is 14.6 Å². The number of oxazole rings is 1. The average Bonchev–Trinajstić information content (AvgIpc) is 2.96. The molecule has 0 spiro atoms. The fraction of sp³-hybridized carbons (Fsp3) is 0.105. The van der Waals surface area contributed by atoms with Gasteiger partial charge < -0.3 is 9.15 Å². The number of aromatic nitrogens is 2. The Hall–Kier alpha value is -3.12. The number of para-hydroxylation sites is 2. The Kier molecular flexibility index (Phi) is 4.18. The summed E-state index contributed by atoms with van der Waals surface area (Å²) in [5.41, 5.74) is 2.28. The van der Waals surface area contributed by atoms with E-state index in [-0.39, 0.29) is 13.2 Å². The van der Waals surface area contributed by atoms with Gasteiger partial charge in [0.2, 0.25) is 0 Å². The standard InChI is InChI=1S/C19H13ClN2O4/c20-17-8-6-12-11-13(5-7-14(12)21-17)18(23)25-10-9-22-15-3-1-2-4-16(15)26-19(22)24/h1-8,11H,9-10H2. The number of benzene rings is 2. The molecule has 0 bridgehead atoms. The monoisotopic (exact) mass is 368 g/mol. The number of carbonyl (C=O) groups is 1. The molecule has 4 rings (SSSR count). The Balaban J connectivity index is 1.48. The van der Waals surface area contributed by atoms with Crippen LogP contribution in [0.3, 0.4) is 0 Å². The molecule has 2 aromatic carbocycles. The Bertz CT molecular complexity index is 1180. The second-order valence-corrected chi connectivity index (χ2v) is 6.05. The number of pyridine rings is 1. The minimum Gasteiger partial charge on any atom is -0.460 e.